The number of hydrazine groups is 1. The third kappa shape index (κ3) is 2.36. The van der Waals surface area contributed by atoms with Gasteiger partial charge in [0.05, 0.1) is 6.42 Å². The van der Waals surface area contributed by atoms with Crippen LogP contribution >= 0.6 is 12.6 Å². The number of rotatable bonds is 3. The normalized spacial score (nSPS) is 21.6. The largest absolute Gasteiger partial charge is 0.481 e. The molecule has 1 aliphatic heterocycles. The first-order valence-corrected chi connectivity index (χ1v) is 4.34. The zero-order chi connectivity index (χ0) is 10.7. The molecule has 0 aromatic rings. The number of nitrogens with zero attached hydrogens (tertiary/aromatic N) is 2. The van der Waals surface area contributed by atoms with Crippen molar-refractivity contribution in [3.8, 4) is 0 Å². The minimum atomic E-state index is -0.989. The van der Waals surface area contributed by atoms with Crippen LogP contribution in [-0.4, -0.2) is 33.2 Å². The standard InChI is InChI=1S/C6H10N4O3S/c7-10-5(13)3(1-2-4(11)12)8-9-6(10)14/h6,9,14H,1-2,7H2,(H,11,12). The van der Waals surface area contributed by atoms with Crippen LogP contribution < -0.4 is 11.3 Å². The van der Waals surface area contributed by atoms with E-state index in [0.717, 1.165) is 5.01 Å². The first kappa shape index (κ1) is 10.8. The van der Waals surface area contributed by atoms with Gasteiger partial charge in [0.2, 0.25) is 0 Å². The van der Waals surface area contributed by atoms with Gasteiger partial charge in [0.15, 0.2) is 5.50 Å². The van der Waals surface area contributed by atoms with Crippen LogP contribution in [0.15, 0.2) is 5.10 Å². The third-order valence-corrected chi connectivity index (χ3v) is 2.00. The molecule has 0 spiro atoms. The van der Waals surface area contributed by atoms with Crippen molar-refractivity contribution in [2.24, 2.45) is 10.9 Å². The number of hydrogen-bond acceptors (Lipinski definition) is 6. The van der Waals surface area contributed by atoms with Crippen molar-refractivity contribution in [2.75, 3.05) is 0 Å². The van der Waals surface area contributed by atoms with Crippen LogP contribution in [0.1, 0.15) is 12.8 Å². The second-order valence-electron chi connectivity index (χ2n) is 2.67. The summed E-state index contributed by atoms with van der Waals surface area (Å²) in [6.07, 6.45) is -0.104. The van der Waals surface area contributed by atoms with Gasteiger partial charge in [-0.15, -0.1) is 12.6 Å². The molecule has 8 heteroatoms. The average molecular weight is 218 g/mol. The topological polar surface area (TPSA) is 108 Å². The highest BCUT2D eigenvalue weighted by Crippen LogP contribution is 2.06. The molecule has 1 amide bonds. The van der Waals surface area contributed by atoms with Crippen LogP contribution in [0.3, 0.4) is 0 Å². The Balaban J connectivity index is 2.61. The van der Waals surface area contributed by atoms with E-state index >= 15 is 0 Å². The van der Waals surface area contributed by atoms with Gasteiger partial charge < -0.3 is 5.11 Å². The van der Waals surface area contributed by atoms with Crippen LogP contribution in [-0.2, 0) is 9.59 Å². The van der Waals surface area contributed by atoms with Crippen molar-refractivity contribution in [1.82, 2.24) is 10.4 Å². The molecule has 1 heterocycles. The second-order valence-corrected chi connectivity index (χ2v) is 3.16. The van der Waals surface area contributed by atoms with E-state index in [1.54, 1.807) is 0 Å². The molecular formula is C6H10N4O3S. The Labute approximate surface area is 85.3 Å². The number of carbonyl (C=O) groups is 2. The van der Waals surface area contributed by atoms with Gasteiger partial charge in [0.25, 0.3) is 5.91 Å². The van der Waals surface area contributed by atoms with E-state index < -0.39 is 17.4 Å². The highest BCUT2D eigenvalue weighted by atomic mass is 32.1. The van der Waals surface area contributed by atoms with E-state index in [0.29, 0.717) is 0 Å². The number of carboxylic acids is 1. The van der Waals surface area contributed by atoms with Gasteiger partial charge in [-0.2, -0.15) is 5.10 Å². The van der Waals surface area contributed by atoms with Crippen LogP contribution in [0.5, 0.6) is 0 Å². The minimum absolute atomic E-state index is 0.0510. The molecule has 7 nitrogen and oxygen atoms in total. The maximum absolute atomic E-state index is 11.3. The molecule has 4 N–H and O–H groups in total. The summed E-state index contributed by atoms with van der Waals surface area (Å²) >= 11 is 3.91. The summed E-state index contributed by atoms with van der Waals surface area (Å²) in [5, 5.41) is 12.9. The molecule has 0 saturated carbocycles. The monoisotopic (exact) mass is 218 g/mol. The predicted octanol–water partition coefficient (Wildman–Crippen LogP) is -1.27. The fourth-order valence-corrected chi connectivity index (χ4v) is 1.06. The first-order chi connectivity index (χ1) is 6.52. The molecule has 78 valence electrons. The van der Waals surface area contributed by atoms with Crippen LogP contribution in [0, 0.1) is 0 Å². The van der Waals surface area contributed by atoms with E-state index in [9.17, 15) is 9.59 Å². The average Bonchev–Trinajstić information content (AvgIpc) is 2.13. The summed E-state index contributed by atoms with van der Waals surface area (Å²) in [7, 11) is 0. The van der Waals surface area contributed by atoms with E-state index in [1.807, 2.05) is 0 Å². The lowest BCUT2D eigenvalue weighted by atomic mass is 10.2. The van der Waals surface area contributed by atoms with Crippen molar-refractivity contribution in [3.63, 3.8) is 0 Å². The Bertz CT molecular complexity index is 293. The van der Waals surface area contributed by atoms with Crippen molar-refractivity contribution >= 4 is 30.2 Å². The molecule has 0 aromatic heterocycles. The van der Waals surface area contributed by atoms with Gasteiger partial charge in [0, 0.05) is 6.42 Å². The van der Waals surface area contributed by atoms with Gasteiger partial charge in [-0.1, -0.05) is 0 Å². The van der Waals surface area contributed by atoms with Gasteiger partial charge in [-0.25, -0.2) is 10.9 Å². The lowest BCUT2D eigenvalue weighted by molar-refractivity contribution is -0.136. The van der Waals surface area contributed by atoms with Gasteiger partial charge in [0.1, 0.15) is 5.71 Å². The molecule has 1 rings (SSSR count). The molecule has 0 fully saturated rings. The molecule has 14 heavy (non-hydrogen) atoms. The smallest absolute Gasteiger partial charge is 0.303 e. The van der Waals surface area contributed by atoms with Gasteiger partial charge in [-0.05, 0) is 0 Å². The van der Waals surface area contributed by atoms with Crippen molar-refractivity contribution in [2.45, 2.75) is 18.3 Å². The van der Waals surface area contributed by atoms with Crippen LogP contribution in [0.2, 0.25) is 0 Å². The van der Waals surface area contributed by atoms with Crippen LogP contribution in [0.4, 0.5) is 0 Å². The summed E-state index contributed by atoms with van der Waals surface area (Å²) in [5.41, 5.74) is 1.90. The predicted molar refractivity (Wildman–Crippen MR) is 51.2 cm³/mol. The number of hydrazone groups is 1. The van der Waals surface area contributed by atoms with Crippen LogP contribution in [0.25, 0.3) is 0 Å². The van der Waals surface area contributed by atoms with E-state index in [1.165, 1.54) is 0 Å². The number of thiol groups is 1. The summed E-state index contributed by atoms with van der Waals surface area (Å²) in [4.78, 5) is 21.6. The quantitative estimate of drug-likeness (QED) is 0.268. The Morgan fingerprint density at radius 3 is 3.00 bits per heavy atom. The SMILES string of the molecule is NN1C(=O)C(CCC(=O)O)=NNC1S. The Morgan fingerprint density at radius 2 is 2.43 bits per heavy atom. The van der Waals surface area contributed by atoms with E-state index in [2.05, 4.69) is 23.2 Å². The maximum Gasteiger partial charge on any atom is 0.303 e. The minimum Gasteiger partial charge on any atom is -0.481 e. The Morgan fingerprint density at radius 1 is 1.79 bits per heavy atom. The Kier molecular flexibility index (Phi) is 3.31. The Hall–Kier alpha value is -1.28. The number of nitrogens with two attached hydrogens (primary N) is 1. The molecule has 0 aliphatic carbocycles. The zero-order valence-electron chi connectivity index (χ0n) is 7.17. The third-order valence-electron chi connectivity index (χ3n) is 1.64. The highest BCUT2D eigenvalue weighted by Gasteiger charge is 2.26. The molecule has 1 aliphatic rings. The summed E-state index contributed by atoms with van der Waals surface area (Å²) in [6, 6.07) is 0. The van der Waals surface area contributed by atoms with Crippen molar-refractivity contribution in [1.29, 1.82) is 0 Å². The maximum atomic E-state index is 11.3. The molecule has 0 radical (unpaired) electrons. The molecule has 1 atom stereocenters. The summed E-state index contributed by atoms with van der Waals surface area (Å²) in [6.45, 7) is 0. The number of amides is 1. The highest BCUT2D eigenvalue weighted by molar-refractivity contribution is 7.80. The number of carboxylic acid groups (broad SMARTS) is 1. The fourth-order valence-electron chi connectivity index (χ4n) is 0.894. The lowest BCUT2D eigenvalue weighted by Gasteiger charge is -2.27. The number of carbonyl (C=O) groups excluding carboxylic acids is 1. The van der Waals surface area contributed by atoms with Gasteiger partial charge >= 0.3 is 5.97 Å². The molecular weight excluding hydrogens is 208 g/mol. The zero-order valence-corrected chi connectivity index (χ0v) is 8.07. The van der Waals surface area contributed by atoms with E-state index in [-0.39, 0.29) is 18.6 Å². The summed E-state index contributed by atoms with van der Waals surface area (Å²) < 4.78 is 0. The van der Waals surface area contributed by atoms with Gasteiger partial charge in [-0.3, -0.25) is 15.0 Å². The first-order valence-electron chi connectivity index (χ1n) is 3.82. The molecule has 0 aromatic carbocycles. The molecule has 0 saturated heterocycles. The molecule has 1 unspecified atom stereocenters. The number of aliphatic carboxylic acids is 1. The fraction of sp³-hybridized carbons (Fsp3) is 0.500. The second kappa shape index (κ2) is 4.29. The number of hydrogen-bond donors (Lipinski definition) is 4. The van der Waals surface area contributed by atoms with E-state index in [4.69, 9.17) is 10.9 Å². The summed E-state index contributed by atoms with van der Waals surface area (Å²) in [5.74, 6) is 3.84. The number of nitrogens with one attached hydrogen (secondary N) is 1. The van der Waals surface area contributed by atoms with Crippen molar-refractivity contribution in [3.05, 3.63) is 0 Å². The van der Waals surface area contributed by atoms with Crippen molar-refractivity contribution < 1.29 is 14.7 Å². The molecule has 0 bridgehead atoms. The lowest BCUT2D eigenvalue weighted by Crippen LogP contribution is -2.55.